The maximum absolute atomic E-state index is 11.9. The Bertz CT molecular complexity index is 460. The van der Waals surface area contributed by atoms with E-state index < -0.39 is 10.0 Å². The number of hydrogen-bond donors (Lipinski definition) is 2. The molecule has 1 heterocycles. The molecule has 0 amide bonds. The zero-order valence-corrected chi connectivity index (χ0v) is 12.7. The van der Waals surface area contributed by atoms with Gasteiger partial charge in [-0.15, -0.1) is 0 Å². The van der Waals surface area contributed by atoms with Crippen molar-refractivity contribution in [2.24, 2.45) is 0 Å². The van der Waals surface area contributed by atoms with Crippen molar-refractivity contribution in [3.05, 3.63) is 12.4 Å². The fourth-order valence-corrected chi connectivity index (χ4v) is 3.07. The van der Waals surface area contributed by atoms with Crippen molar-refractivity contribution in [2.45, 2.75) is 30.7 Å². The van der Waals surface area contributed by atoms with Crippen molar-refractivity contribution < 1.29 is 13.5 Å². The Morgan fingerprint density at radius 3 is 2.89 bits per heavy atom. The van der Waals surface area contributed by atoms with Gasteiger partial charge in [-0.3, -0.25) is 4.68 Å². The molecule has 0 aliphatic carbocycles. The summed E-state index contributed by atoms with van der Waals surface area (Å²) in [6.45, 7) is 0.677. The van der Waals surface area contributed by atoms with E-state index in [0.29, 0.717) is 13.1 Å². The van der Waals surface area contributed by atoms with Crippen LogP contribution in [0.4, 0.5) is 0 Å². The van der Waals surface area contributed by atoms with E-state index in [4.69, 9.17) is 5.11 Å². The first-order valence-electron chi connectivity index (χ1n) is 6.22. The number of thioether (sulfide) groups is 1. The van der Waals surface area contributed by atoms with E-state index in [1.807, 2.05) is 0 Å². The molecule has 0 fully saturated rings. The van der Waals surface area contributed by atoms with Gasteiger partial charge in [0.25, 0.3) is 0 Å². The van der Waals surface area contributed by atoms with Gasteiger partial charge >= 0.3 is 0 Å². The maximum atomic E-state index is 11.9. The molecule has 0 aliphatic heterocycles. The molecular weight excluding hydrogens is 286 g/mol. The monoisotopic (exact) mass is 307 g/mol. The second kappa shape index (κ2) is 8.57. The largest absolute Gasteiger partial charge is 0.394 e. The van der Waals surface area contributed by atoms with Gasteiger partial charge in [-0.25, -0.2) is 13.1 Å². The lowest BCUT2D eigenvalue weighted by atomic mass is 10.2. The SMILES string of the molecule is CSCCCCCNS(=O)(=O)c1cnn(CCO)c1. The summed E-state index contributed by atoms with van der Waals surface area (Å²) in [6.07, 6.45) is 7.75. The number of unbranched alkanes of at least 4 members (excludes halogenated alkanes) is 2. The first kappa shape index (κ1) is 16.5. The van der Waals surface area contributed by atoms with Crippen molar-refractivity contribution >= 4 is 21.8 Å². The molecule has 0 radical (unpaired) electrons. The van der Waals surface area contributed by atoms with Gasteiger partial charge < -0.3 is 5.11 Å². The molecule has 1 rings (SSSR count). The Balaban J connectivity index is 2.38. The lowest BCUT2D eigenvalue weighted by Crippen LogP contribution is -2.24. The van der Waals surface area contributed by atoms with Crippen LogP contribution in [0.5, 0.6) is 0 Å². The number of hydrogen-bond acceptors (Lipinski definition) is 5. The smallest absolute Gasteiger partial charge is 0.243 e. The molecule has 1 aromatic heterocycles. The molecule has 0 saturated carbocycles. The van der Waals surface area contributed by atoms with Crippen molar-refractivity contribution in [3.63, 3.8) is 0 Å². The molecule has 0 saturated heterocycles. The predicted molar refractivity (Wildman–Crippen MR) is 76.7 cm³/mol. The Labute approximate surface area is 118 Å². The molecule has 1 aromatic rings. The highest BCUT2D eigenvalue weighted by Crippen LogP contribution is 2.07. The number of aliphatic hydroxyl groups excluding tert-OH is 1. The van der Waals surface area contributed by atoms with Crippen molar-refractivity contribution in [1.82, 2.24) is 14.5 Å². The lowest BCUT2D eigenvalue weighted by molar-refractivity contribution is 0.269. The highest BCUT2D eigenvalue weighted by atomic mass is 32.2. The third-order valence-corrected chi connectivity index (χ3v) is 4.68. The van der Waals surface area contributed by atoms with Gasteiger partial charge in [0, 0.05) is 12.7 Å². The molecule has 0 aromatic carbocycles. The number of aromatic nitrogens is 2. The highest BCUT2D eigenvalue weighted by Gasteiger charge is 2.15. The second-order valence-corrected chi connectivity index (χ2v) is 6.87. The molecule has 19 heavy (non-hydrogen) atoms. The number of rotatable bonds is 10. The molecule has 110 valence electrons. The van der Waals surface area contributed by atoms with Gasteiger partial charge in [-0.1, -0.05) is 6.42 Å². The standard InChI is InChI=1S/C11H21N3O3S2/c1-18-8-4-2-3-5-13-19(16,17)11-9-12-14(10-11)6-7-15/h9-10,13,15H,2-8H2,1H3. The van der Waals surface area contributed by atoms with Gasteiger partial charge in [-0.05, 0) is 24.9 Å². The summed E-state index contributed by atoms with van der Waals surface area (Å²) >= 11 is 1.80. The molecular formula is C11H21N3O3S2. The lowest BCUT2D eigenvalue weighted by Gasteiger charge is -2.04. The third kappa shape index (κ3) is 5.94. The van der Waals surface area contributed by atoms with E-state index in [1.165, 1.54) is 17.1 Å². The predicted octanol–water partition coefficient (Wildman–Crippen LogP) is 0.687. The highest BCUT2D eigenvalue weighted by molar-refractivity contribution is 7.98. The molecule has 0 atom stereocenters. The number of sulfonamides is 1. The van der Waals surface area contributed by atoms with Crippen LogP contribution in [0.3, 0.4) is 0 Å². The molecule has 8 heteroatoms. The van der Waals surface area contributed by atoms with Crippen molar-refractivity contribution in [2.75, 3.05) is 25.2 Å². The zero-order chi connectivity index (χ0) is 14.1. The van der Waals surface area contributed by atoms with Gasteiger partial charge in [0.15, 0.2) is 0 Å². The number of nitrogens with zero attached hydrogens (tertiary/aromatic N) is 2. The average Bonchev–Trinajstić information content (AvgIpc) is 2.83. The van der Waals surface area contributed by atoms with Crippen LogP contribution in [-0.4, -0.2) is 48.5 Å². The van der Waals surface area contributed by atoms with Crippen LogP contribution in [0.25, 0.3) is 0 Å². The molecule has 0 spiro atoms. The van der Waals surface area contributed by atoms with E-state index in [2.05, 4.69) is 16.1 Å². The summed E-state index contributed by atoms with van der Waals surface area (Å²) in [5, 5.41) is 12.6. The Hall–Kier alpha value is -0.570. The normalized spacial score (nSPS) is 11.9. The van der Waals surface area contributed by atoms with Gasteiger partial charge in [0.2, 0.25) is 10.0 Å². The summed E-state index contributed by atoms with van der Waals surface area (Å²) in [7, 11) is -3.47. The zero-order valence-electron chi connectivity index (χ0n) is 11.1. The second-order valence-electron chi connectivity index (χ2n) is 4.11. The summed E-state index contributed by atoms with van der Waals surface area (Å²) in [6, 6.07) is 0. The van der Waals surface area contributed by atoms with Crippen LogP contribution in [0.15, 0.2) is 17.3 Å². The molecule has 2 N–H and O–H groups in total. The average molecular weight is 307 g/mol. The molecule has 0 aliphatic rings. The Morgan fingerprint density at radius 2 is 2.21 bits per heavy atom. The first-order chi connectivity index (χ1) is 9.10. The van der Waals surface area contributed by atoms with Crippen LogP contribution in [0, 0.1) is 0 Å². The quantitative estimate of drug-likeness (QED) is 0.621. The molecule has 6 nitrogen and oxygen atoms in total. The van der Waals surface area contributed by atoms with Crippen LogP contribution in [0.1, 0.15) is 19.3 Å². The molecule has 0 bridgehead atoms. The topological polar surface area (TPSA) is 84.2 Å². The maximum Gasteiger partial charge on any atom is 0.243 e. The van der Waals surface area contributed by atoms with Crippen LogP contribution in [0.2, 0.25) is 0 Å². The van der Waals surface area contributed by atoms with Gasteiger partial charge in [0.05, 0.1) is 19.3 Å². The third-order valence-electron chi connectivity index (χ3n) is 2.57. The Morgan fingerprint density at radius 1 is 1.42 bits per heavy atom. The number of aliphatic hydroxyl groups is 1. The summed E-state index contributed by atoms with van der Waals surface area (Å²) in [4.78, 5) is 0.144. The summed E-state index contributed by atoms with van der Waals surface area (Å²) in [5.41, 5.74) is 0. The minimum Gasteiger partial charge on any atom is -0.394 e. The van der Waals surface area contributed by atoms with Crippen LogP contribution in [-0.2, 0) is 16.6 Å². The van der Waals surface area contributed by atoms with Crippen LogP contribution >= 0.6 is 11.8 Å². The van der Waals surface area contributed by atoms with E-state index >= 15 is 0 Å². The minimum absolute atomic E-state index is 0.0654. The van der Waals surface area contributed by atoms with Gasteiger partial charge in [0.1, 0.15) is 4.90 Å². The van der Waals surface area contributed by atoms with Crippen molar-refractivity contribution in [3.8, 4) is 0 Å². The Kier molecular flexibility index (Phi) is 7.44. The summed E-state index contributed by atoms with van der Waals surface area (Å²) < 4.78 is 27.8. The van der Waals surface area contributed by atoms with Crippen LogP contribution < -0.4 is 4.72 Å². The minimum atomic E-state index is -3.47. The van der Waals surface area contributed by atoms with E-state index in [-0.39, 0.29) is 11.5 Å². The molecule has 0 unspecified atom stereocenters. The van der Waals surface area contributed by atoms with E-state index in [9.17, 15) is 8.42 Å². The van der Waals surface area contributed by atoms with E-state index in [1.54, 1.807) is 11.8 Å². The fraction of sp³-hybridized carbons (Fsp3) is 0.727. The number of nitrogens with one attached hydrogen (secondary N) is 1. The summed E-state index contributed by atoms with van der Waals surface area (Å²) in [5.74, 6) is 1.11. The first-order valence-corrected chi connectivity index (χ1v) is 9.10. The fourth-order valence-electron chi connectivity index (χ4n) is 1.55. The van der Waals surface area contributed by atoms with Crippen molar-refractivity contribution in [1.29, 1.82) is 0 Å². The van der Waals surface area contributed by atoms with E-state index in [0.717, 1.165) is 25.0 Å². The van der Waals surface area contributed by atoms with Gasteiger partial charge in [-0.2, -0.15) is 16.9 Å².